The fourth-order valence-electron chi connectivity index (χ4n) is 4.28. The second-order valence-corrected chi connectivity index (χ2v) is 10.1. The van der Waals surface area contributed by atoms with E-state index in [2.05, 4.69) is 10.6 Å². The van der Waals surface area contributed by atoms with Gasteiger partial charge in [0.05, 0.1) is 59.3 Å². The Kier molecular flexibility index (Phi) is 18.1. The molecule has 0 aliphatic carbocycles. The zero-order valence-electron chi connectivity index (χ0n) is 24.7. The maximum Gasteiger partial charge on any atom is 0.317 e. The van der Waals surface area contributed by atoms with Gasteiger partial charge in [-0.05, 0) is 12.1 Å². The molecule has 1 fully saturated rings. The lowest BCUT2D eigenvalue weighted by Gasteiger charge is -2.24. The summed E-state index contributed by atoms with van der Waals surface area (Å²) in [6.45, 7) is 5.90. The third-order valence-electron chi connectivity index (χ3n) is 6.55. The Bertz CT molecular complexity index is 923. The van der Waals surface area contributed by atoms with Gasteiger partial charge in [-0.15, -0.1) is 0 Å². The molecule has 43 heavy (non-hydrogen) atoms. The second kappa shape index (κ2) is 21.6. The Balaban J connectivity index is 1.47. The van der Waals surface area contributed by atoms with Gasteiger partial charge in [0.15, 0.2) is 0 Å². The minimum atomic E-state index is -0.949. The Hall–Kier alpha value is -3.12. The third kappa shape index (κ3) is 17.6. The molecule has 1 aromatic rings. The molecule has 0 bridgehead atoms. The Morgan fingerprint density at radius 2 is 1.09 bits per heavy atom. The van der Waals surface area contributed by atoms with E-state index in [1.165, 1.54) is 0 Å². The van der Waals surface area contributed by atoms with Crippen LogP contribution in [0.2, 0.25) is 0 Å². The van der Waals surface area contributed by atoms with Gasteiger partial charge in [-0.25, -0.2) is 0 Å². The van der Waals surface area contributed by atoms with Crippen LogP contribution >= 0.6 is 0 Å². The molecule has 244 valence electrons. The van der Waals surface area contributed by atoms with Crippen molar-refractivity contribution in [2.24, 2.45) is 5.73 Å². The molecule has 16 heteroatoms. The number of hydrogen-bond donors (Lipinski definition) is 5. The van der Waals surface area contributed by atoms with Gasteiger partial charge in [-0.1, -0.05) is 0 Å². The van der Waals surface area contributed by atoms with E-state index in [-0.39, 0.29) is 31.4 Å². The van der Waals surface area contributed by atoms with E-state index in [4.69, 9.17) is 30.2 Å². The van der Waals surface area contributed by atoms with E-state index >= 15 is 0 Å². The van der Waals surface area contributed by atoms with Crippen molar-refractivity contribution in [2.75, 3.05) is 112 Å². The molecule has 1 atom stereocenters. The molecule has 16 nitrogen and oxygen atoms in total. The molecule has 1 saturated heterocycles. The summed E-state index contributed by atoms with van der Waals surface area (Å²) in [5.41, 5.74) is 5.89. The number of ether oxygens (including phenoxy) is 3. The monoisotopic (exact) mass is 613 g/mol. The summed E-state index contributed by atoms with van der Waals surface area (Å²) < 4.78 is 18.2. The standard InChI is InChI=1S/C27H47N7O9/c28-23(19-31-5-1-2-6-31)27(40)30-4-14-42-16-18-43-17-15-41-13-3-29-24(35)20-32-7-9-33(21-25(36)37)11-12-34(10-8-32)22-26(38)39/h1-2,5-6,23H,3-4,7-22,28H2,(H,29,35)(H,30,40)(H,36,37)(H,38,39). The predicted octanol–water partition coefficient (Wildman–Crippen LogP) is -2.81. The van der Waals surface area contributed by atoms with E-state index in [9.17, 15) is 19.2 Å². The molecule has 2 rings (SSSR count). The summed E-state index contributed by atoms with van der Waals surface area (Å²) in [6, 6.07) is 3.12. The van der Waals surface area contributed by atoms with Crippen LogP contribution in [0.3, 0.4) is 0 Å². The molecule has 1 unspecified atom stereocenters. The van der Waals surface area contributed by atoms with Gasteiger partial charge < -0.3 is 45.4 Å². The van der Waals surface area contributed by atoms with E-state index < -0.39 is 18.0 Å². The van der Waals surface area contributed by atoms with Crippen LogP contribution in [0, 0.1) is 0 Å². The lowest BCUT2D eigenvalue weighted by molar-refractivity contribution is -0.140. The summed E-state index contributed by atoms with van der Waals surface area (Å²) in [4.78, 5) is 52.2. The number of carbonyl (C=O) groups is 4. The van der Waals surface area contributed by atoms with Gasteiger partial charge in [0, 0.05) is 71.3 Å². The number of nitrogens with zero attached hydrogens (tertiary/aromatic N) is 4. The van der Waals surface area contributed by atoms with Crippen molar-refractivity contribution in [3.63, 3.8) is 0 Å². The van der Waals surface area contributed by atoms with Crippen LogP contribution in [0.4, 0.5) is 0 Å². The second-order valence-electron chi connectivity index (χ2n) is 10.1. The third-order valence-corrected chi connectivity index (χ3v) is 6.55. The number of nitrogens with two attached hydrogens (primary N) is 1. The van der Waals surface area contributed by atoms with Crippen molar-refractivity contribution >= 4 is 23.8 Å². The summed E-state index contributed by atoms with van der Waals surface area (Å²) in [7, 11) is 0. The fourth-order valence-corrected chi connectivity index (χ4v) is 4.28. The average Bonchev–Trinajstić information content (AvgIpc) is 3.49. The first-order chi connectivity index (χ1) is 20.7. The number of amides is 2. The first-order valence-electron chi connectivity index (χ1n) is 14.5. The number of carboxylic acids is 2. The molecular weight excluding hydrogens is 566 g/mol. The van der Waals surface area contributed by atoms with Crippen LogP contribution in [-0.4, -0.2) is 171 Å². The Morgan fingerprint density at radius 3 is 1.56 bits per heavy atom. The van der Waals surface area contributed by atoms with E-state index in [1.54, 1.807) is 9.80 Å². The minimum absolute atomic E-state index is 0.120. The summed E-state index contributed by atoms with van der Waals surface area (Å²) in [5.74, 6) is -2.32. The number of aliphatic carboxylic acids is 2. The smallest absolute Gasteiger partial charge is 0.317 e. The van der Waals surface area contributed by atoms with E-state index in [0.29, 0.717) is 98.5 Å². The lowest BCUT2D eigenvalue weighted by Crippen LogP contribution is -2.44. The van der Waals surface area contributed by atoms with Gasteiger partial charge >= 0.3 is 11.9 Å². The highest BCUT2D eigenvalue weighted by molar-refractivity contribution is 5.81. The van der Waals surface area contributed by atoms with Gasteiger partial charge in [0.25, 0.3) is 0 Å². The topological polar surface area (TPSA) is 201 Å². The number of hydrogen-bond acceptors (Lipinski definition) is 11. The predicted molar refractivity (Wildman–Crippen MR) is 155 cm³/mol. The summed E-state index contributed by atoms with van der Waals surface area (Å²) in [6.07, 6.45) is 3.70. The number of carboxylic acid groups (broad SMARTS) is 2. The molecule has 0 aromatic carbocycles. The maximum atomic E-state index is 12.4. The van der Waals surface area contributed by atoms with Crippen LogP contribution in [-0.2, 0) is 39.9 Å². The van der Waals surface area contributed by atoms with Crippen molar-refractivity contribution in [1.82, 2.24) is 29.9 Å². The summed E-state index contributed by atoms with van der Waals surface area (Å²) in [5, 5.41) is 23.8. The first-order valence-corrected chi connectivity index (χ1v) is 14.5. The number of nitrogens with one attached hydrogen (secondary N) is 2. The molecule has 6 N–H and O–H groups in total. The summed E-state index contributed by atoms with van der Waals surface area (Å²) >= 11 is 0. The normalized spacial score (nSPS) is 16.1. The molecule has 2 heterocycles. The zero-order chi connectivity index (χ0) is 31.3. The van der Waals surface area contributed by atoms with Crippen LogP contribution < -0.4 is 16.4 Å². The zero-order valence-corrected chi connectivity index (χ0v) is 24.7. The largest absolute Gasteiger partial charge is 0.480 e. The van der Waals surface area contributed by atoms with Gasteiger partial charge in [-0.2, -0.15) is 0 Å². The highest BCUT2D eigenvalue weighted by Gasteiger charge is 2.20. The molecule has 0 spiro atoms. The Labute approximate surface area is 252 Å². The van der Waals surface area contributed by atoms with Crippen molar-refractivity contribution in [3.8, 4) is 0 Å². The molecule has 0 radical (unpaired) electrons. The van der Waals surface area contributed by atoms with E-state index in [1.807, 2.05) is 34.0 Å². The van der Waals surface area contributed by atoms with Gasteiger partial charge in [0.1, 0.15) is 6.04 Å². The SMILES string of the molecule is NC(Cn1cccc1)C(=O)NCCOCCOCCOCCNC(=O)CN1CCN(CC(=O)O)CCN(CC(=O)O)CC1. The quantitative estimate of drug-likeness (QED) is 0.0891. The fraction of sp³-hybridized carbons (Fsp3) is 0.704. The highest BCUT2D eigenvalue weighted by atomic mass is 16.5. The molecule has 1 aliphatic heterocycles. The molecule has 1 aromatic heterocycles. The Morgan fingerprint density at radius 1 is 0.674 bits per heavy atom. The van der Waals surface area contributed by atoms with Crippen LogP contribution in [0.15, 0.2) is 24.5 Å². The maximum absolute atomic E-state index is 12.4. The van der Waals surface area contributed by atoms with Gasteiger partial charge in [-0.3, -0.25) is 33.9 Å². The average molecular weight is 614 g/mol. The molecule has 1 aliphatic rings. The number of carbonyl (C=O) groups excluding carboxylic acids is 2. The van der Waals surface area contributed by atoms with Crippen molar-refractivity contribution in [2.45, 2.75) is 12.6 Å². The molecule has 2 amide bonds. The number of aromatic nitrogens is 1. The minimum Gasteiger partial charge on any atom is -0.480 e. The van der Waals surface area contributed by atoms with Crippen molar-refractivity contribution in [3.05, 3.63) is 24.5 Å². The number of rotatable bonds is 21. The van der Waals surface area contributed by atoms with Crippen LogP contribution in [0.25, 0.3) is 0 Å². The molecule has 0 saturated carbocycles. The van der Waals surface area contributed by atoms with E-state index in [0.717, 1.165) is 0 Å². The highest BCUT2D eigenvalue weighted by Crippen LogP contribution is 2.01. The van der Waals surface area contributed by atoms with Crippen molar-refractivity contribution in [1.29, 1.82) is 0 Å². The lowest BCUT2D eigenvalue weighted by atomic mass is 10.3. The van der Waals surface area contributed by atoms with Crippen LogP contribution in [0.5, 0.6) is 0 Å². The van der Waals surface area contributed by atoms with Crippen LogP contribution in [0.1, 0.15) is 0 Å². The van der Waals surface area contributed by atoms with Crippen molar-refractivity contribution < 1.29 is 43.6 Å². The molecular formula is C27H47N7O9. The first kappa shape index (κ1) is 36.1. The van der Waals surface area contributed by atoms with Gasteiger partial charge in [0.2, 0.25) is 11.8 Å².